The Morgan fingerprint density at radius 3 is 2.78 bits per heavy atom. The smallest absolute Gasteiger partial charge is 0.273 e. The first-order valence-electron chi connectivity index (χ1n) is 5.76. The molecule has 5 heteroatoms. The molecule has 0 saturated carbocycles. The van der Waals surface area contributed by atoms with E-state index in [1.54, 1.807) is 6.08 Å². The number of para-hydroxylation sites is 1. The fraction of sp³-hybridized carbons (Fsp3) is 0.231. The molecule has 0 spiro atoms. The molecular weight excluding hydrogens is 248 g/mol. The molecule has 2 N–H and O–H groups in total. The van der Waals surface area contributed by atoms with E-state index in [9.17, 15) is 4.79 Å². The van der Waals surface area contributed by atoms with Gasteiger partial charge in [-0.05, 0) is 30.8 Å². The van der Waals surface area contributed by atoms with E-state index in [1.165, 1.54) is 0 Å². The van der Waals surface area contributed by atoms with Crippen molar-refractivity contribution in [2.24, 2.45) is 0 Å². The van der Waals surface area contributed by atoms with Crippen LogP contribution in [0, 0.1) is 0 Å². The van der Waals surface area contributed by atoms with Gasteiger partial charge in [-0.3, -0.25) is 10.1 Å². The number of rotatable bonds is 4. The van der Waals surface area contributed by atoms with Gasteiger partial charge in [-0.1, -0.05) is 25.1 Å². The lowest BCUT2D eigenvalue weighted by molar-refractivity contribution is -0.115. The number of thiocarbonyl (C=S) groups is 1. The molecule has 1 saturated heterocycles. The summed E-state index contributed by atoms with van der Waals surface area (Å²) in [6.07, 6.45) is 2.67. The molecule has 0 radical (unpaired) electrons. The minimum absolute atomic E-state index is 0.217. The van der Waals surface area contributed by atoms with Gasteiger partial charge in [0.15, 0.2) is 5.11 Å². The summed E-state index contributed by atoms with van der Waals surface area (Å²) in [6, 6.07) is 7.58. The summed E-state index contributed by atoms with van der Waals surface area (Å²) >= 11 is 4.88. The van der Waals surface area contributed by atoms with Crippen LogP contribution in [0.25, 0.3) is 6.08 Å². The first kappa shape index (κ1) is 12.6. The first-order valence-corrected chi connectivity index (χ1v) is 6.17. The minimum atomic E-state index is -0.217. The van der Waals surface area contributed by atoms with Gasteiger partial charge in [-0.25, -0.2) is 0 Å². The monoisotopic (exact) mass is 262 g/mol. The normalized spacial score (nSPS) is 16.6. The van der Waals surface area contributed by atoms with Crippen LogP contribution in [0.5, 0.6) is 5.75 Å². The van der Waals surface area contributed by atoms with Crippen molar-refractivity contribution in [3.05, 3.63) is 35.5 Å². The van der Waals surface area contributed by atoms with Crippen molar-refractivity contribution in [3.8, 4) is 5.75 Å². The Bertz CT molecular complexity index is 511. The Hall–Kier alpha value is -1.88. The second kappa shape index (κ2) is 5.64. The molecule has 1 aliphatic rings. The van der Waals surface area contributed by atoms with Gasteiger partial charge < -0.3 is 10.1 Å². The molecule has 0 aromatic heterocycles. The van der Waals surface area contributed by atoms with Gasteiger partial charge in [0.25, 0.3) is 5.91 Å². The average Bonchev–Trinajstić information content (AvgIpc) is 2.67. The zero-order valence-electron chi connectivity index (χ0n) is 10.0. The van der Waals surface area contributed by atoms with Crippen LogP contribution in [-0.2, 0) is 4.79 Å². The molecule has 4 nitrogen and oxygen atoms in total. The maximum Gasteiger partial charge on any atom is 0.273 e. The van der Waals surface area contributed by atoms with Crippen LogP contribution in [0.3, 0.4) is 0 Å². The van der Waals surface area contributed by atoms with Crippen LogP contribution >= 0.6 is 12.2 Å². The molecule has 94 valence electrons. The van der Waals surface area contributed by atoms with Gasteiger partial charge in [0.05, 0.1) is 6.61 Å². The van der Waals surface area contributed by atoms with Crippen molar-refractivity contribution in [1.82, 2.24) is 10.6 Å². The Morgan fingerprint density at radius 2 is 2.11 bits per heavy atom. The van der Waals surface area contributed by atoms with Crippen LogP contribution in [0.15, 0.2) is 30.0 Å². The van der Waals surface area contributed by atoms with Gasteiger partial charge in [-0.2, -0.15) is 0 Å². The van der Waals surface area contributed by atoms with E-state index >= 15 is 0 Å². The third kappa shape index (κ3) is 2.87. The number of benzene rings is 1. The van der Waals surface area contributed by atoms with Crippen molar-refractivity contribution in [2.45, 2.75) is 13.3 Å². The Morgan fingerprint density at radius 1 is 1.33 bits per heavy atom. The molecule has 1 aliphatic heterocycles. The highest BCUT2D eigenvalue weighted by molar-refractivity contribution is 7.80. The second-order valence-electron chi connectivity index (χ2n) is 3.85. The maximum atomic E-state index is 11.5. The molecule has 18 heavy (non-hydrogen) atoms. The summed E-state index contributed by atoms with van der Waals surface area (Å²) in [6.45, 7) is 2.70. The molecule has 1 amide bonds. The van der Waals surface area contributed by atoms with E-state index in [0.29, 0.717) is 17.4 Å². The maximum absolute atomic E-state index is 11.5. The second-order valence-corrected chi connectivity index (χ2v) is 4.26. The van der Waals surface area contributed by atoms with Crippen LogP contribution in [0.4, 0.5) is 0 Å². The lowest BCUT2D eigenvalue weighted by atomic mass is 10.1. The van der Waals surface area contributed by atoms with E-state index in [4.69, 9.17) is 17.0 Å². The van der Waals surface area contributed by atoms with Crippen molar-refractivity contribution >= 4 is 29.3 Å². The molecule has 1 aromatic rings. The van der Waals surface area contributed by atoms with Crippen LogP contribution < -0.4 is 15.4 Å². The predicted molar refractivity (Wildman–Crippen MR) is 74.1 cm³/mol. The lowest BCUT2D eigenvalue weighted by Crippen LogP contribution is -2.21. The number of carbonyl (C=O) groups is 1. The van der Waals surface area contributed by atoms with Crippen molar-refractivity contribution in [2.75, 3.05) is 6.61 Å². The number of hydrogen-bond acceptors (Lipinski definition) is 3. The predicted octanol–water partition coefficient (Wildman–Crippen LogP) is 1.82. The van der Waals surface area contributed by atoms with E-state index in [2.05, 4.69) is 10.6 Å². The molecule has 1 heterocycles. The SMILES string of the molecule is CCCOc1ccccc1/C=C1/NC(=S)NC1=O. The van der Waals surface area contributed by atoms with Crippen molar-refractivity contribution in [3.63, 3.8) is 0 Å². The van der Waals surface area contributed by atoms with Gasteiger partial charge in [0.1, 0.15) is 11.4 Å². The summed E-state index contributed by atoms with van der Waals surface area (Å²) in [5.74, 6) is 0.546. The van der Waals surface area contributed by atoms with Crippen LogP contribution in [0.2, 0.25) is 0 Å². The summed E-state index contributed by atoms with van der Waals surface area (Å²) < 4.78 is 5.62. The zero-order valence-corrected chi connectivity index (χ0v) is 10.8. The number of ether oxygens (including phenoxy) is 1. The molecule has 1 fully saturated rings. The third-order valence-electron chi connectivity index (χ3n) is 2.40. The zero-order chi connectivity index (χ0) is 13.0. The fourth-order valence-electron chi connectivity index (χ4n) is 1.58. The van der Waals surface area contributed by atoms with Gasteiger partial charge in [0, 0.05) is 5.56 Å². The first-order chi connectivity index (χ1) is 8.70. The third-order valence-corrected chi connectivity index (χ3v) is 2.60. The molecule has 0 unspecified atom stereocenters. The standard InChI is InChI=1S/C13H14N2O2S/c1-2-7-17-11-6-4-3-5-9(11)8-10-12(16)15-13(18)14-10/h3-6,8H,2,7H2,1H3,(H2,14,15,16,18)/b10-8+. The van der Waals surface area contributed by atoms with E-state index in [1.807, 2.05) is 31.2 Å². The molecule has 1 aromatic carbocycles. The quantitative estimate of drug-likeness (QED) is 0.642. The summed E-state index contributed by atoms with van der Waals surface area (Å²) in [5.41, 5.74) is 1.29. The number of carbonyl (C=O) groups excluding carboxylic acids is 1. The fourth-order valence-corrected chi connectivity index (χ4v) is 1.78. The lowest BCUT2D eigenvalue weighted by Gasteiger charge is -2.08. The highest BCUT2D eigenvalue weighted by Gasteiger charge is 2.20. The topological polar surface area (TPSA) is 50.4 Å². The van der Waals surface area contributed by atoms with Crippen LogP contribution in [-0.4, -0.2) is 17.6 Å². The van der Waals surface area contributed by atoms with Gasteiger partial charge in [-0.15, -0.1) is 0 Å². The van der Waals surface area contributed by atoms with E-state index < -0.39 is 0 Å². The molecule has 0 bridgehead atoms. The van der Waals surface area contributed by atoms with E-state index in [-0.39, 0.29) is 5.91 Å². The van der Waals surface area contributed by atoms with E-state index in [0.717, 1.165) is 17.7 Å². The minimum Gasteiger partial charge on any atom is -0.493 e. The molecular formula is C13H14N2O2S. The summed E-state index contributed by atoms with van der Waals surface area (Å²) in [7, 11) is 0. The highest BCUT2D eigenvalue weighted by atomic mass is 32.1. The van der Waals surface area contributed by atoms with Crippen molar-refractivity contribution in [1.29, 1.82) is 0 Å². The van der Waals surface area contributed by atoms with Crippen molar-refractivity contribution < 1.29 is 9.53 Å². The summed E-state index contributed by atoms with van der Waals surface area (Å²) in [4.78, 5) is 11.5. The molecule has 2 rings (SSSR count). The molecule has 0 atom stereocenters. The Balaban J connectivity index is 2.25. The van der Waals surface area contributed by atoms with Crippen LogP contribution in [0.1, 0.15) is 18.9 Å². The largest absolute Gasteiger partial charge is 0.493 e. The number of hydrogen-bond donors (Lipinski definition) is 2. The van der Waals surface area contributed by atoms with Gasteiger partial charge >= 0.3 is 0 Å². The Kier molecular flexibility index (Phi) is 3.94. The average molecular weight is 262 g/mol. The molecule has 0 aliphatic carbocycles. The number of nitrogens with one attached hydrogen (secondary N) is 2. The summed E-state index contributed by atoms with van der Waals surface area (Å²) in [5, 5.41) is 5.67. The number of amides is 1. The Labute approximate surface area is 111 Å². The highest BCUT2D eigenvalue weighted by Crippen LogP contribution is 2.21. The van der Waals surface area contributed by atoms with Gasteiger partial charge in [0.2, 0.25) is 0 Å².